The van der Waals surface area contributed by atoms with Crippen molar-refractivity contribution in [1.82, 2.24) is 4.98 Å². The van der Waals surface area contributed by atoms with Gasteiger partial charge in [-0.05, 0) is 35.0 Å². The van der Waals surface area contributed by atoms with Crippen LogP contribution in [0.25, 0.3) is 6.08 Å². The number of carboxylic acid groups (broad SMARTS) is 1. The van der Waals surface area contributed by atoms with Crippen LogP contribution < -0.4 is 0 Å². The molecule has 0 amide bonds. The summed E-state index contributed by atoms with van der Waals surface area (Å²) in [5, 5.41) is 8.80. The van der Waals surface area contributed by atoms with Crippen LogP contribution in [0.5, 0.6) is 0 Å². The molecule has 0 spiro atoms. The Kier molecular flexibility index (Phi) is 2.83. The van der Waals surface area contributed by atoms with E-state index < -0.39 is 5.97 Å². The first-order valence-electron chi connectivity index (χ1n) is 3.59. The van der Waals surface area contributed by atoms with Gasteiger partial charge >= 0.3 is 5.97 Å². The van der Waals surface area contributed by atoms with Gasteiger partial charge in [-0.2, -0.15) is 0 Å². The Morgan fingerprint density at radius 1 is 1.77 bits per heavy atom. The minimum atomic E-state index is -0.997. The predicted octanol–water partition coefficient (Wildman–Crippen LogP) is 2.49. The first kappa shape index (κ1) is 9.92. The quantitative estimate of drug-likeness (QED) is 0.866. The van der Waals surface area contributed by atoms with Crippen LogP contribution in [0, 0.1) is 6.92 Å². The highest BCUT2D eigenvalue weighted by Crippen LogP contribution is 2.19. The lowest BCUT2D eigenvalue weighted by molar-refractivity contribution is 0.0696. The number of aromatic carboxylic acids is 1. The molecule has 13 heavy (non-hydrogen) atoms. The van der Waals surface area contributed by atoms with Gasteiger partial charge in [-0.1, -0.05) is 6.58 Å². The monoisotopic (exact) mass is 241 g/mol. The molecule has 0 fully saturated rings. The topological polar surface area (TPSA) is 50.2 Å². The molecule has 1 aromatic heterocycles. The number of carboxylic acids is 1. The lowest BCUT2D eigenvalue weighted by Crippen LogP contribution is -2.03. The molecule has 0 bridgehead atoms. The maximum atomic E-state index is 10.7. The smallest absolute Gasteiger partial charge is 0.337 e. The predicted molar refractivity (Wildman–Crippen MR) is 53.7 cm³/mol. The van der Waals surface area contributed by atoms with E-state index >= 15 is 0 Å². The second-order valence-electron chi connectivity index (χ2n) is 2.50. The van der Waals surface area contributed by atoms with Crippen molar-refractivity contribution in [3.8, 4) is 0 Å². The molecule has 0 saturated carbocycles. The fourth-order valence-electron chi connectivity index (χ4n) is 0.926. The van der Waals surface area contributed by atoms with E-state index in [2.05, 4.69) is 27.5 Å². The van der Waals surface area contributed by atoms with Gasteiger partial charge in [-0.25, -0.2) is 4.79 Å². The summed E-state index contributed by atoms with van der Waals surface area (Å²) < 4.78 is 0.690. The lowest BCUT2D eigenvalue weighted by Gasteiger charge is -2.03. The van der Waals surface area contributed by atoms with Crippen molar-refractivity contribution in [3.63, 3.8) is 0 Å². The second kappa shape index (κ2) is 3.70. The number of carbonyl (C=O) groups is 1. The summed E-state index contributed by atoms with van der Waals surface area (Å²) in [4.78, 5) is 14.8. The van der Waals surface area contributed by atoms with E-state index in [9.17, 15) is 4.79 Å². The highest BCUT2D eigenvalue weighted by molar-refractivity contribution is 9.10. The van der Waals surface area contributed by atoms with Gasteiger partial charge in [0.05, 0.1) is 17.0 Å². The van der Waals surface area contributed by atoms with Gasteiger partial charge in [0.25, 0.3) is 0 Å². The zero-order valence-electron chi connectivity index (χ0n) is 7.04. The second-order valence-corrected chi connectivity index (χ2v) is 3.35. The van der Waals surface area contributed by atoms with E-state index in [4.69, 9.17) is 5.11 Å². The largest absolute Gasteiger partial charge is 0.478 e. The molecule has 1 rings (SSSR count). The number of halogens is 1. The van der Waals surface area contributed by atoms with Gasteiger partial charge in [-0.15, -0.1) is 0 Å². The molecular formula is C9H8BrNO2. The summed E-state index contributed by atoms with van der Waals surface area (Å²) in [6.07, 6.45) is 1.43. The fraction of sp³-hybridized carbons (Fsp3) is 0.111. The molecule has 0 atom stereocenters. The molecular weight excluding hydrogens is 234 g/mol. The Balaban J connectivity index is 3.41. The average molecular weight is 242 g/mol. The molecule has 0 aliphatic carbocycles. The van der Waals surface area contributed by atoms with Gasteiger partial charge in [0, 0.05) is 4.47 Å². The normalized spacial score (nSPS) is 9.69. The number of aryl methyl sites for hydroxylation is 1. The van der Waals surface area contributed by atoms with Gasteiger partial charge < -0.3 is 5.11 Å². The van der Waals surface area contributed by atoms with Crippen LogP contribution in [0.4, 0.5) is 0 Å². The van der Waals surface area contributed by atoms with Crippen molar-refractivity contribution in [2.45, 2.75) is 6.92 Å². The molecule has 1 aromatic rings. The van der Waals surface area contributed by atoms with Gasteiger partial charge in [0.15, 0.2) is 0 Å². The summed E-state index contributed by atoms with van der Waals surface area (Å²) in [6.45, 7) is 5.30. The van der Waals surface area contributed by atoms with Crippen molar-refractivity contribution in [2.75, 3.05) is 0 Å². The lowest BCUT2D eigenvalue weighted by atomic mass is 10.2. The Bertz CT molecular complexity index is 374. The number of hydrogen-bond donors (Lipinski definition) is 1. The summed E-state index contributed by atoms with van der Waals surface area (Å²) in [5.74, 6) is -0.997. The van der Waals surface area contributed by atoms with E-state index in [1.165, 1.54) is 12.1 Å². The Morgan fingerprint density at radius 2 is 2.38 bits per heavy atom. The fourth-order valence-corrected chi connectivity index (χ4v) is 1.24. The molecule has 0 unspecified atom stereocenters. The van der Waals surface area contributed by atoms with Crippen LogP contribution in [-0.2, 0) is 0 Å². The molecule has 1 N–H and O–H groups in total. The van der Waals surface area contributed by atoms with Crippen LogP contribution in [0.15, 0.2) is 17.1 Å². The van der Waals surface area contributed by atoms with Crippen LogP contribution in [0.3, 0.4) is 0 Å². The van der Waals surface area contributed by atoms with Gasteiger partial charge in [-0.3, -0.25) is 4.98 Å². The third-order valence-corrected chi connectivity index (χ3v) is 2.41. The molecule has 0 aromatic carbocycles. The van der Waals surface area contributed by atoms with E-state index in [-0.39, 0.29) is 5.56 Å². The zero-order valence-corrected chi connectivity index (χ0v) is 8.63. The molecule has 68 valence electrons. The molecule has 3 nitrogen and oxygen atoms in total. The van der Waals surface area contributed by atoms with Crippen molar-refractivity contribution in [1.29, 1.82) is 0 Å². The standard InChI is InChI=1S/C9H8BrNO2/c1-3-8-6(9(12)13)4-7(10)5(2)11-8/h3-4H,1H2,2H3,(H,12,13). The SMILES string of the molecule is C=Cc1nc(C)c(Br)cc1C(=O)O. The molecule has 0 aliphatic heterocycles. The van der Waals surface area contributed by atoms with Crippen LogP contribution in [0.1, 0.15) is 21.7 Å². The first-order chi connectivity index (χ1) is 6.06. The first-order valence-corrected chi connectivity index (χ1v) is 4.38. The highest BCUT2D eigenvalue weighted by atomic mass is 79.9. The number of pyridine rings is 1. The van der Waals surface area contributed by atoms with E-state index in [0.717, 1.165) is 5.69 Å². The van der Waals surface area contributed by atoms with E-state index in [1.807, 2.05) is 0 Å². The minimum Gasteiger partial charge on any atom is -0.478 e. The third kappa shape index (κ3) is 1.95. The van der Waals surface area contributed by atoms with Crippen molar-refractivity contribution in [3.05, 3.63) is 34.1 Å². The van der Waals surface area contributed by atoms with Gasteiger partial charge in [0.2, 0.25) is 0 Å². The Morgan fingerprint density at radius 3 is 2.85 bits per heavy atom. The molecule has 0 radical (unpaired) electrons. The molecule has 4 heteroatoms. The number of rotatable bonds is 2. The number of hydrogen-bond acceptors (Lipinski definition) is 2. The van der Waals surface area contributed by atoms with E-state index in [1.54, 1.807) is 6.92 Å². The maximum Gasteiger partial charge on any atom is 0.337 e. The summed E-state index contributed by atoms with van der Waals surface area (Å²) in [7, 11) is 0. The highest BCUT2D eigenvalue weighted by Gasteiger charge is 2.11. The zero-order chi connectivity index (χ0) is 10.0. The van der Waals surface area contributed by atoms with Crippen LogP contribution >= 0.6 is 15.9 Å². The Hall–Kier alpha value is -1.16. The van der Waals surface area contributed by atoms with Crippen LogP contribution in [-0.4, -0.2) is 16.1 Å². The summed E-state index contributed by atoms with van der Waals surface area (Å²) >= 11 is 3.22. The van der Waals surface area contributed by atoms with Crippen molar-refractivity contribution < 1.29 is 9.90 Å². The molecule has 0 aliphatic rings. The molecule has 1 heterocycles. The van der Waals surface area contributed by atoms with Gasteiger partial charge in [0.1, 0.15) is 0 Å². The molecule has 0 saturated heterocycles. The van der Waals surface area contributed by atoms with Crippen LogP contribution in [0.2, 0.25) is 0 Å². The Labute approximate surface area is 84.2 Å². The summed E-state index contributed by atoms with van der Waals surface area (Å²) in [6, 6.07) is 1.53. The van der Waals surface area contributed by atoms with Crippen molar-refractivity contribution in [2.24, 2.45) is 0 Å². The average Bonchev–Trinajstić information content (AvgIpc) is 2.08. The van der Waals surface area contributed by atoms with E-state index in [0.29, 0.717) is 10.2 Å². The maximum absolute atomic E-state index is 10.7. The number of nitrogens with zero attached hydrogens (tertiary/aromatic N) is 1. The summed E-state index contributed by atoms with van der Waals surface area (Å²) in [5.41, 5.74) is 1.31. The van der Waals surface area contributed by atoms with Crippen molar-refractivity contribution >= 4 is 28.0 Å². The third-order valence-electron chi connectivity index (χ3n) is 1.60. The number of aromatic nitrogens is 1. The minimum absolute atomic E-state index is 0.160.